The zero-order chi connectivity index (χ0) is 17.0. The minimum absolute atomic E-state index is 0.253. The molecule has 0 aromatic carbocycles. The SMILES string of the molecule is CC(=O)SCCCCCCCCCCCCCCCCCC=O. The van der Waals surface area contributed by atoms with E-state index in [9.17, 15) is 9.59 Å². The average Bonchev–Trinajstić information content (AvgIpc) is 2.53. The molecule has 0 atom stereocenters. The molecule has 0 aliphatic rings. The van der Waals surface area contributed by atoms with Crippen LogP contribution < -0.4 is 0 Å². The van der Waals surface area contributed by atoms with E-state index in [1.165, 1.54) is 102 Å². The van der Waals surface area contributed by atoms with Gasteiger partial charge < -0.3 is 4.79 Å². The summed E-state index contributed by atoms with van der Waals surface area (Å²) in [6, 6.07) is 0. The number of aldehydes is 1. The van der Waals surface area contributed by atoms with E-state index in [0.29, 0.717) is 0 Å². The Morgan fingerprint density at radius 3 is 1.35 bits per heavy atom. The van der Waals surface area contributed by atoms with Crippen LogP contribution in [0.1, 0.15) is 110 Å². The topological polar surface area (TPSA) is 34.1 Å². The lowest BCUT2D eigenvalue weighted by atomic mass is 10.0. The molecular weight excluding hydrogens is 304 g/mol. The van der Waals surface area contributed by atoms with Gasteiger partial charge in [0.2, 0.25) is 0 Å². The second-order valence-corrected chi connectivity index (χ2v) is 7.87. The zero-order valence-corrected chi connectivity index (χ0v) is 16.1. The molecule has 0 aliphatic heterocycles. The Balaban J connectivity index is 2.97. The maximum atomic E-state index is 10.8. The number of carbonyl (C=O) groups excluding carboxylic acids is 2. The van der Waals surface area contributed by atoms with E-state index in [-0.39, 0.29) is 5.12 Å². The van der Waals surface area contributed by atoms with Gasteiger partial charge in [0.05, 0.1) is 0 Å². The van der Waals surface area contributed by atoms with Gasteiger partial charge in [-0.1, -0.05) is 95.2 Å². The van der Waals surface area contributed by atoms with Crippen molar-refractivity contribution >= 4 is 23.2 Å². The fourth-order valence-corrected chi connectivity index (χ4v) is 3.48. The first-order chi connectivity index (χ1) is 11.3. The molecule has 0 heterocycles. The Hall–Kier alpha value is -0.310. The third kappa shape index (κ3) is 21.7. The Kier molecular flexibility index (Phi) is 19.5. The van der Waals surface area contributed by atoms with Crippen LogP contribution in [0.25, 0.3) is 0 Å². The van der Waals surface area contributed by atoms with E-state index in [1.807, 2.05) is 0 Å². The van der Waals surface area contributed by atoms with Crippen LogP contribution in [0.3, 0.4) is 0 Å². The molecule has 0 amide bonds. The van der Waals surface area contributed by atoms with Gasteiger partial charge in [-0.25, -0.2) is 0 Å². The van der Waals surface area contributed by atoms with E-state index in [1.54, 1.807) is 6.92 Å². The zero-order valence-electron chi connectivity index (χ0n) is 15.3. The summed E-state index contributed by atoms with van der Waals surface area (Å²) >= 11 is 1.47. The van der Waals surface area contributed by atoms with Crippen molar-refractivity contribution in [2.24, 2.45) is 0 Å². The minimum atomic E-state index is 0.253. The van der Waals surface area contributed by atoms with E-state index in [2.05, 4.69) is 0 Å². The number of unbranched alkanes of at least 4 members (excludes halogenated alkanes) is 15. The second-order valence-electron chi connectivity index (χ2n) is 6.60. The van der Waals surface area contributed by atoms with E-state index >= 15 is 0 Å². The largest absolute Gasteiger partial charge is 0.303 e. The van der Waals surface area contributed by atoms with Gasteiger partial charge in [0, 0.05) is 19.1 Å². The molecule has 0 unspecified atom stereocenters. The van der Waals surface area contributed by atoms with Crippen molar-refractivity contribution in [3.05, 3.63) is 0 Å². The quantitative estimate of drug-likeness (QED) is 0.205. The van der Waals surface area contributed by atoms with Crippen LogP contribution in [0.15, 0.2) is 0 Å². The van der Waals surface area contributed by atoms with E-state index < -0.39 is 0 Å². The first-order valence-electron chi connectivity index (χ1n) is 9.84. The predicted octanol–water partition coefficient (Wildman–Crippen LogP) is 6.71. The van der Waals surface area contributed by atoms with Gasteiger partial charge in [0.15, 0.2) is 5.12 Å². The summed E-state index contributed by atoms with van der Waals surface area (Å²) in [5, 5.41) is 0.253. The third-order valence-electron chi connectivity index (χ3n) is 4.27. The fraction of sp³-hybridized carbons (Fsp3) is 0.900. The molecule has 0 aromatic heterocycles. The molecule has 0 N–H and O–H groups in total. The first kappa shape index (κ1) is 22.7. The molecule has 0 saturated carbocycles. The third-order valence-corrected chi connectivity index (χ3v) is 5.17. The standard InChI is InChI=1S/C20H38O2S/c1-20(22)23-19-17-15-13-11-9-7-5-3-2-4-6-8-10-12-14-16-18-21/h18H,2-17,19H2,1H3. The molecule has 0 aliphatic carbocycles. The lowest BCUT2D eigenvalue weighted by Crippen LogP contribution is -1.87. The van der Waals surface area contributed by atoms with Gasteiger partial charge in [0.25, 0.3) is 0 Å². The summed E-state index contributed by atoms with van der Waals surface area (Å²) in [7, 11) is 0. The number of carbonyl (C=O) groups is 2. The Morgan fingerprint density at radius 1 is 0.652 bits per heavy atom. The monoisotopic (exact) mass is 342 g/mol. The smallest absolute Gasteiger partial charge is 0.185 e. The number of thioether (sulfide) groups is 1. The molecule has 0 fully saturated rings. The maximum absolute atomic E-state index is 10.8. The van der Waals surface area contributed by atoms with Crippen LogP contribution in [0, 0.1) is 0 Å². The number of hydrogen-bond acceptors (Lipinski definition) is 3. The van der Waals surface area contributed by atoms with E-state index in [4.69, 9.17) is 0 Å². The average molecular weight is 343 g/mol. The van der Waals surface area contributed by atoms with Gasteiger partial charge in [-0.3, -0.25) is 4.79 Å². The highest BCUT2D eigenvalue weighted by Gasteiger charge is 1.96. The Labute approximate surface area is 148 Å². The van der Waals surface area contributed by atoms with Gasteiger partial charge in [-0.2, -0.15) is 0 Å². The normalized spacial score (nSPS) is 10.8. The first-order valence-corrected chi connectivity index (χ1v) is 10.8. The molecule has 2 nitrogen and oxygen atoms in total. The summed E-state index contributed by atoms with van der Waals surface area (Å²) in [4.78, 5) is 20.9. The molecule has 0 bridgehead atoms. The minimum Gasteiger partial charge on any atom is -0.303 e. The molecule has 0 radical (unpaired) electrons. The highest BCUT2D eigenvalue weighted by molar-refractivity contribution is 8.13. The summed E-state index contributed by atoms with van der Waals surface area (Å²) in [6.07, 6.45) is 21.7. The molecule has 23 heavy (non-hydrogen) atoms. The Bertz CT molecular complexity index is 266. The van der Waals surface area contributed by atoms with Crippen molar-refractivity contribution in [3.8, 4) is 0 Å². The molecule has 3 heteroatoms. The lowest BCUT2D eigenvalue weighted by molar-refractivity contribution is -0.109. The summed E-state index contributed by atoms with van der Waals surface area (Å²) < 4.78 is 0. The van der Waals surface area contributed by atoms with Crippen LogP contribution in [-0.2, 0) is 9.59 Å². The summed E-state index contributed by atoms with van der Waals surface area (Å²) in [6.45, 7) is 1.65. The van der Waals surface area contributed by atoms with Gasteiger partial charge in [0.1, 0.15) is 6.29 Å². The highest BCUT2D eigenvalue weighted by atomic mass is 32.2. The second kappa shape index (κ2) is 19.7. The van der Waals surface area contributed by atoms with Gasteiger partial charge >= 0.3 is 0 Å². The van der Waals surface area contributed by atoms with E-state index in [0.717, 1.165) is 24.9 Å². The van der Waals surface area contributed by atoms with Crippen molar-refractivity contribution in [1.29, 1.82) is 0 Å². The van der Waals surface area contributed by atoms with Crippen LogP contribution in [0.5, 0.6) is 0 Å². The molecule has 0 aromatic rings. The van der Waals surface area contributed by atoms with Gasteiger partial charge in [-0.05, 0) is 12.8 Å². The summed E-state index contributed by atoms with van der Waals surface area (Å²) in [5.74, 6) is 1.01. The van der Waals surface area contributed by atoms with Crippen molar-refractivity contribution in [2.45, 2.75) is 110 Å². The van der Waals surface area contributed by atoms with Crippen LogP contribution >= 0.6 is 11.8 Å². The predicted molar refractivity (Wildman–Crippen MR) is 103 cm³/mol. The molecule has 0 saturated heterocycles. The van der Waals surface area contributed by atoms with Crippen LogP contribution in [0.2, 0.25) is 0 Å². The van der Waals surface area contributed by atoms with Crippen molar-refractivity contribution in [3.63, 3.8) is 0 Å². The highest BCUT2D eigenvalue weighted by Crippen LogP contribution is 2.14. The number of hydrogen-bond donors (Lipinski definition) is 0. The Morgan fingerprint density at radius 2 is 1.00 bits per heavy atom. The molecule has 0 rings (SSSR count). The molecule has 0 spiro atoms. The van der Waals surface area contributed by atoms with Crippen molar-refractivity contribution < 1.29 is 9.59 Å². The number of rotatable bonds is 18. The fourth-order valence-electron chi connectivity index (χ4n) is 2.84. The van der Waals surface area contributed by atoms with Crippen LogP contribution in [0.4, 0.5) is 0 Å². The van der Waals surface area contributed by atoms with Gasteiger partial charge in [-0.15, -0.1) is 0 Å². The maximum Gasteiger partial charge on any atom is 0.185 e. The van der Waals surface area contributed by atoms with Crippen molar-refractivity contribution in [1.82, 2.24) is 0 Å². The van der Waals surface area contributed by atoms with Crippen LogP contribution in [-0.4, -0.2) is 17.2 Å². The lowest BCUT2D eigenvalue weighted by Gasteiger charge is -2.03. The molecular formula is C20H38O2S. The van der Waals surface area contributed by atoms with Crippen molar-refractivity contribution in [2.75, 3.05) is 5.75 Å². The molecule has 136 valence electrons. The summed E-state index contributed by atoms with van der Waals surface area (Å²) in [5.41, 5.74) is 0.